The summed E-state index contributed by atoms with van der Waals surface area (Å²) in [4.78, 5) is 4.08. The molecule has 0 fully saturated rings. The fourth-order valence-electron chi connectivity index (χ4n) is 3.13. The van der Waals surface area contributed by atoms with E-state index in [-0.39, 0.29) is 0 Å². The highest BCUT2D eigenvalue weighted by Gasteiger charge is 2.05. The molecule has 1 aromatic heterocycles. The van der Waals surface area contributed by atoms with Crippen molar-refractivity contribution in [2.45, 2.75) is 6.92 Å². The number of aryl methyl sites for hydroxylation is 1. The lowest BCUT2D eigenvalue weighted by Gasteiger charge is -2.10. The Bertz CT molecular complexity index is 971. The fraction of sp³-hybridized carbons (Fsp3) is 0.0417. The first-order valence-electron chi connectivity index (χ1n) is 8.48. The van der Waals surface area contributed by atoms with E-state index >= 15 is 0 Å². The Morgan fingerprint density at radius 1 is 0.520 bits per heavy atom. The average molecular weight is 321 g/mol. The number of benzene rings is 3. The van der Waals surface area contributed by atoms with Crippen molar-refractivity contribution in [3.05, 3.63) is 103 Å². The van der Waals surface area contributed by atoms with Crippen LogP contribution in [0.4, 0.5) is 0 Å². The van der Waals surface area contributed by atoms with Gasteiger partial charge in [0.1, 0.15) is 0 Å². The normalized spacial score (nSPS) is 10.6. The van der Waals surface area contributed by atoms with Gasteiger partial charge in [-0.1, -0.05) is 66.7 Å². The van der Waals surface area contributed by atoms with E-state index in [2.05, 4.69) is 84.7 Å². The molecule has 4 aromatic rings. The summed E-state index contributed by atoms with van der Waals surface area (Å²) in [6, 6.07) is 30.0. The average Bonchev–Trinajstić information content (AvgIpc) is 2.70. The Balaban J connectivity index is 1.71. The molecule has 0 spiro atoms. The quantitative estimate of drug-likeness (QED) is 0.426. The highest BCUT2D eigenvalue weighted by atomic mass is 14.6. The van der Waals surface area contributed by atoms with Gasteiger partial charge in [-0.2, -0.15) is 0 Å². The topological polar surface area (TPSA) is 12.9 Å². The Hall–Kier alpha value is -3.19. The van der Waals surface area contributed by atoms with Gasteiger partial charge in [-0.05, 0) is 64.1 Å². The van der Waals surface area contributed by atoms with Crippen LogP contribution in [-0.2, 0) is 0 Å². The minimum absolute atomic E-state index is 1.19. The molecule has 1 nitrogen and oxygen atoms in total. The first-order valence-corrected chi connectivity index (χ1v) is 8.48. The number of pyridine rings is 1. The predicted molar refractivity (Wildman–Crippen MR) is 105 cm³/mol. The third-order valence-electron chi connectivity index (χ3n) is 4.55. The van der Waals surface area contributed by atoms with Crippen LogP contribution in [0.15, 0.2) is 97.3 Å². The van der Waals surface area contributed by atoms with Crippen molar-refractivity contribution in [3.63, 3.8) is 0 Å². The lowest BCUT2D eigenvalue weighted by atomic mass is 9.94. The van der Waals surface area contributed by atoms with Crippen molar-refractivity contribution in [1.82, 2.24) is 4.98 Å². The summed E-state index contributed by atoms with van der Waals surface area (Å²) < 4.78 is 0. The highest BCUT2D eigenvalue weighted by Crippen LogP contribution is 2.30. The second-order valence-corrected chi connectivity index (χ2v) is 6.21. The molecule has 0 unspecified atom stereocenters. The first kappa shape index (κ1) is 15.3. The van der Waals surface area contributed by atoms with Crippen molar-refractivity contribution < 1.29 is 0 Å². The predicted octanol–water partition coefficient (Wildman–Crippen LogP) is 6.39. The van der Waals surface area contributed by atoms with Crippen molar-refractivity contribution >= 4 is 0 Å². The van der Waals surface area contributed by atoms with Gasteiger partial charge in [0.25, 0.3) is 0 Å². The third-order valence-corrected chi connectivity index (χ3v) is 4.55. The van der Waals surface area contributed by atoms with Gasteiger partial charge in [-0.3, -0.25) is 4.98 Å². The molecule has 25 heavy (non-hydrogen) atoms. The van der Waals surface area contributed by atoms with Gasteiger partial charge in [0, 0.05) is 12.4 Å². The molecular weight excluding hydrogens is 302 g/mol. The summed E-state index contributed by atoms with van der Waals surface area (Å²) in [5.41, 5.74) is 8.72. The maximum Gasteiger partial charge on any atom is 0.0273 e. The fourth-order valence-corrected chi connectivity index (χ4v) is 3.13. The minimum Gasteiger partial charge on any atom is -0.265 e. The van der Waals surface area contributed by atoms with Gasteiger partial charge in [0.05, 0.1) is 0 Å². The number of hydrogen-bond acceptors (Lipinski definition) is 1. The number of aromatic nitrogens is 1. The molecule has 3 aromatic carbocycles. The lowest BCUT2D eigenvalue weighted by Crippen LogP contribution is -1.86. The molecule has 1 heterocycles. The summed E-state index contributed by atoms with van der Waals surface area (Å²) in [6.07, 6.45) is 3.66. The molecule has 0 N–H and O–H groups in total. The molecular formula is C24H19N. The molecule has 0 aliphatic rings. The van der Waals surface area contributed by atoms with Gasteiger partial charge in [-0.25, -0.2) is 0 Å². The molecule has 0 atom stereocenters. The number of hydrogen-bond donors (Lipinski definition) is 0. The molecule has 0 radical (unpaired) electrons. The molecule has 4 rings (SSSR count). The Labute approximate surface area is 148 Å². The van der Waals surface area contributed by atoms with Crippen LogP contribution < -0.4 is 0 Å². The Kier molecular flexibility index (Phi) is 4.14. The molecule has 0 aliphatic carbocycles. The molecule has 120 valence electrons. The molecule has 0 amide bonds. The number of nitrogens with zero attached hydrogens (tertiary/aromatic N) is 1. The standard InChI is InChI=1S/C24H19N/c1-18-7-8-23(17-24(18)22-5-3-2-4-6-22)20-11-9-19(10-12-20)21-13-15-25-16-14-21/h2-17H,1H3. The van der Waals surface area contributed by atoms with Crippen LogP contribution >= 0.6 is 0 Å². The van der Waals surface area contributed by atoms with Gasteiger partial charge >= 0.3 is 0 Å². The maximum atomic E-state index is 4.08. The summed E-state index contributed by atoms with van der Waals surface area (Å²) in [5, 5.41) is 0. The zero-order chi connectivity index (χ0) is 17.1. The summed E-state index contributed by atoms with van der Waals surface area (Å²) >= 11 is 0. The van der Waals surface area contributed by atoms with E-state index in [1.807, 2.05) is 24.5 Å². The zero-order valence-corrected chi connectivity index (χ0v) is 14.2. The molecule has 0 saturated heterocycles. The van der Waals surface area contributed by atoms with Crippen LogP contribution in [0.5, 0.6) is 0 Å². The largest absolute Gasteiger partial charge is 0.265 e. The SMILES string of the molecule is Cc1ccc(-c2ccc(-c3ccncc3)cc2)cc1-c1ccccc1. The van der Waals surface area contributed by atoms with Crippen LogP contribution in [0.1, 0.15) is 5.56 Å². The second-order valence-electron chi connectivity index (χ2n) is 6.21. The molecule has 0 bridgehead atoms. The third kappa shape index (κ3) is 3.22. The van der Waals surface area contributed by atoms with E-state index in [4.69, 9.17) is 0 Å². The van der Waals surface area contributed by atoms with Gasteiger partial charge in [0.15, 0.2) is 0 Å². The minimum atomic E-state index is 1.19. The lowest BCUT2D eigenvalue weighted by molar-refractivity contribution is 1.33. The highest BCUT2D eigenvalue weighted by molar-refractivity contribution is 5.76. The van der Waals surface area contributed by atoms with Crippen LogP contribution in [0, 0.1) is 6.92 Å². The maximum absolute atomic E-state index is 4.08. The monoisotopic (exact) mass is 321 g/mol. The van der Waals surface area contributed by atoms with Gasteiger partial charge < -0.3 is 0 Å². The Morgan fingerprint density at radius 2 is 1.08 bits per heavy atom. The first-order chi connectivity index (χ1) is 12.3. The van der Waals surface area contributed by atoms with E-state index < -0.39 is 0 Å². The van der Waals surface area contributed by atoms with E-state index in [9.17, 15) is 0 Å². The van der Waals surface area contributed by atoms with Crippen LogP contribution in [0.2, 0.25) is 0 Å². The summed E-state index contributed by atoms with van der Waals surface area (Å²) in [7, 11) is 0. The molecule has 1 heteroatoms. The van der Waals surface area contributed by atoms with Gasteiger partial charge in [-0.15, -0.1) is 0 Å². The van der Waals surface area contributed by atoms with E-state index in [0.29, 0.717) is 0 Å². The summed E-state index contributed by atoms with van der Waals surface area (Å²) in [6.45, 7) is 2.17. The van der Waals surface area contributed by atoms with Crippen molar-refractivity contribution in [2.75, 3.05) is 0 Å². The van der Waals surface area contributed by atoms with E-state index in [0.717, 1.165) is 0 Å². The van der Waals surface area contributed by atoms with Gasteiger partial charge in [0.2, 0.25) is 0 Å². The van der Waals surface area contributed by atoms with Crippen molar-refractivity contribution in [1.29, 1.82) is 0 Å². The number of rotatable bonds is 3. The van der Waals surface area contributed by atoms with E-state index in [1.165, 1.54) is 38.9 Å². The van der Waals surface area contributed by atoms with Crippen LogP contribution in [0.25, 0.3) is 33.4 Å². The van der Waals surface area contributed by atoms with Crippen molar-refractivity contribution in [2.24, 2.45) is 0 Å². The van der Waals surface area contributed by atoms with Crippen LogP contribution in [0.3, 0.4) is 0 Å². The second kappa shape index (κ2) is 6.74. The van der Waals surface area contributed by atoms with Crippen molar-refractivity contribution in [3.8, 4) is 33.4 Å². The summed E-state index contributed by atoms with van der Waals surface area (Å²) in [5.74, 6) is 0. The van der Waals surface area contributed by atoms with E-state index in [1.54, 1.807) is 0 Å². The Morgan fingerprint density at radius 3 is 1.76 bits per heavy atom. The molecule has 0 saturated carbocycles. The zero-order valence-electron chi connectivity index (χ0n) is 14.2. The van der Waals surface area contributed by atoms with Crippen LogP contribution in [-0.4, -0.2) is 4.98 Å². The smallest absolute Gasteiger partial charge is 0.0273 e. The molecule has 0 aliphatic heterocycles.